The van der Waals surface area contributed by atoms with Crippen molar-refractivity contribution in [2.75, 3.05) is 48.3 Å². The van der Waals surface area contributed by atoms with E-state index in [0.29, 0.717) is 16.7 Å². The van der Waals surface area contributed by atoms with E-state index in [9.17, 15) is 9.59 Å². The molecule has 14 heteroatoms. The number of nitrogens with one attached hydrogen (secondary N) is 2. The zero-order valence-electron chi connectivity index (χ0n) is 20.2. The Morgan fingerprint density at radius 3 is 1.51 bits per heavy atom. The molecule has 0 aromatic carbocycles. The van der Waals surface area contributed by atoms with E-state index in [2.05, 4.69) is 20.6 Å². The smallest absolute Gasteiger partial charge is 0.236 e. The minimum absolute atomic E-state index is 0.133. The van der Waals surface area contributed by atoms with Crippen molar-refractivity contribution in [2.24, 2.45) is 0 Å². The van der Waals surface area contributed by atoms with Crippen molar-refractivity contribution in [3.8, 4) is 0 Å². The first kappa shape index (κ1) is 29.9. The number of aromatic nitrogens is 2. The Kier molecular flexibility index (Phi) is 13.4. The van der Waals surface area contributed by atoms with Gasteiger partial charge in [0.1, 0.15) is 8.64 Å². The number of thiazole rings is 2. The van der Waals surface area contributed by atoms with Gasteiger partial charge in [0.05, 0.1) is 11.5 Å². The molecule has 8 nitrogen and oxygen atoms in total. The van der Waals surface area contributed by atoms with Gasteiger partial charge in [-0.05, 0) is 27.7 Å². The molecule has 0 fully saturated rings. The minimum Gasteiger partial charge on any atom is -0.358 e. The summed E-state index contributed by atoms with van der Waals surface area (Å²) >= 11 is 16.3. The molecule has 0 aliphatic heterocycles. The molecule has 0 radical (unpaired) electrons. The highest BCUT2D eigenvalue weighted by molar-refractivity contribution is 8.23. The molecule has 2 amide bonds. The van der Waals surface area contributed by atoms with Crippen molar-refractivity contribution >= 4 is 101 Å². The largest absolute Gasteiger partial charge is 0.358 e. The molecule has 0 aliphatic carbocycles. The maximum atomic E-state index is 12.3. The monoisotopic (exact) mass is 590 g/mol. The van der Waals surface area contributed by atoms with E-state index in [4.69, 9.17) is 24.4 Å². The van der Waals surface area contributed by atoms with Gasteiger partial charge in [-0.1, -0.05) is 48.0 Å². The third-order valence-electron chi connectivity index (χ3n) is 4.65. The van der Waals surface area contributed by atoms with Gasteiger partial charge in [0.2, 0.25) is 11.8 Å². The van der Waals surface area contributed by atoms with Crippen molar-refractivity contribution in [3.05, 3.63) is 22.1 Å². The van der Waals surface area contributed by atoms with Gasteiger partial charge in [0, 0.05) is 54.7 Å². The fraction of sp³-hybridized carbons (Fsp3) is 0.524. The van der Waals surface area contributed by atoms with Crippen molar-refractivity contribution in [1.29, 1.82) is 0 Å². The zero-order valence-corrected chi connectivity index (χ0v) is 25.1. The molecule has 2 rings (SSSR count). The standard InChI is InChI=1S/C21H30N6O2S6/c1-5-26(6-2)20(30)32-12-16(28)24-18-22-10-14(34-18)9-15-11-23-19(35-15)25-17(29)13-33-21(31)27(7-3)8-4/h10-11H,5-9,12-13H2,1-4H3,(H,22,24,28)(H,23,25,29). The number of anilines is 2. The third kappa shape index (κ3) is 10.3. The summed E-state index contributed by atoms with van der Waals surface area (Å²) in [6.07, 6.45) is 4.12. The molecule has 0 bridgehead atoms. The molecule has 2 N–H and O–H groups in total. The number of nitrogens with zero attached hydrogens (tertiary/aromatic N) is 4. The summed E-state index contributed by atoms with van der Waals surface area (Å²) in [7, 11) is 0. The number of thioether (sulfide) groups is 2. The predicted octanol–water partition coefficient (Wildman–Crippen LogP) is 4.79. The highest BCUT2D eigenvalue weighted by Crippen LogP contribution is 2.26. The minimum atomic E-state index is -0.133. The van der Waals surface area contributed by atoms with E-state index in [-0.39, 0.29) is 23.3 Å². The van der Waals surface area contributed by atoms with Gasteiger partial charge < -0.3 is 20.4 Å². The van der Waals surface area contributed by atoms with Crippen LogP contribution in [0, 0.1) is 0 Å². The van der Waals surface area contributed by atoms with Gasteiger partial charge in [-0.3, -0.25) is 9.59 Å². The molecule has 192 valence electrons. The summed E-state index contributed by atoms with van der Waals surface area (Å²) in [6.45, 7) is 11.5. The number of rotatable bonds is 12. The van der Waals surface area contributed by atoms with E-state index in [1.807, 2.05) is 37.5 Å². The second-order valence-electron chi connectivity index (χ2n) is 6.99. The Labute approximate surface area is 234 Å². The van der Waals surface area contributed by atoms with Crippen molar-refractivity contribution < 1.29 is 9.59 Å². The Morgan fingerprint density at radius 2 is 1.17 bits per heavy atom. The molecular weight excluding hydrogens is 561 g/mol. The van der Waals surface area contributed by atoms with Crippen LogP contribution >= 0.6 is 70.6 Å². The van der Waals surface area contributed by atoms with Gasteiger partial charge in [-0.2, -0.15) is 0 Å². The van der Waals surface area contributed by atoms with Crippen molar-refractivity contribution in [1.82, 2.24) is 19.8 Å². The summed E-state index contributed by atoms with van der Waals surface area (Å²) in [6, 6.07) is 0. The molecule has 0 aliphatic rings. The van der Waals surface area contributed by atoms with Gasteiger partial charge in [-0.25, -0.2) is 9.97 Å². The fourth-order valence-corrected chi connectivity index (χ4v) is 6.98. The highest BCUT2D eigenvalue weighted by atomic mass is 32.2. The number of hydrogen-bond acceptors (Lipinski definition) is 10. The van der Waals surface area contributed by atoms with Crippen LogP contribution < -0.4 is 10.6 Å². The van der Waals surface area contributed by atoms with Crippen LogP contribution in [0.5, 0.6) is 0 Å². The maximum absolute atomic E-state index is 12.3. The average Bonchev–Trinajstić information content (AvgIpc) is 3.47. The first-order chi connectivity index (χ1) is 16.8. The van der Waals surface area contributed by atoms with E-state index < -0.39 is 0 Å². The number of thiocarbonyl (C=S) groups is 2. The summed E-state index contributed by atoms with van der Waals surface area (Å²) in [5.74, 6) is 0.234. The second-order valence-corrected chi connectivity index (χ2v) is 12.4. The summed E-state index contributed by atoms with van der Waals surface area (Å²) in [5, 5.41) is 6.77. The number of hydrogen-bond donors (Lipinski definition) is 2. The maximum Gasteiger partial charge on any atom is 0.236 e. The van der Waals surface area contributed by atoms with E-state index in [1.165, 1.54) is 46.2 Å². The van der Waals surface area contributed by atoms with Crippen LogP contribution in [0.3, 0.4) is 0 Å². The molecule has 2 aromatic rings. The number of amides is 2. The molecule has 0 atom stereocenters. The van der Waals surface area contributed by atoms with Crippen molar-refractivity contribution in [2.45, 2.75) is 34.1 Å². The Hall–Kier alpha value is -1.32. The lowest BCUT2D eigenvalue weighted by Gasteiger charge is -2.20. The Balaban J connectivity index is 1.79. The van der Waals surface area contributed by atoms with Crippen LogP contribution in [0.2, 0.25) is 0 Å². The Morgan fingerprint density at radius 1 is 0.800 bits per heavy atom. The number of carbonyl (C=O) groups excluding carboxylic acids is 2. The molecule has 0 saturated heterocycles. The quantitative estimate of drug-likeness (QED) is 0.336. The summed E-state index contributed by atoms with van der Waals surface area (Å²) < 4.78 is 1.45. The third-order valence-corrected chi connectivity index (χ3v) is 9.52. The topological polar surface area (TPSA) is 90.5 Å². The normalized spacial score (nSPS) is 10.6. The first-order valence-corrected chi connectivity index (χ1v) is 15.5. The van der Waals surface area contributed by atoms with E-state index >= 15 is 0 Å². The highest BCUT2D eigenvalue weighted by Gasteiger charge is 2.14. The molecule has 0 saturated carbocycles. The van der Waals surface area contributed by atoms with Gasteiger partial charge in [0.25, 0.3) is 0 Å². The van der Waals surface area contributed by atoms with Crippen LogP contribution in [-0.2, 0) is 16.0 Å². The first-order valence-electron chi connectivity index (χ1n) is 11.1. The predicted molar refractivity (Wildman–Crippen MR) is 160 cm³/mol. The summed E-state index contributed by atoms with van der Waals surface area (Å²) in [5.41, 5.74) is 0. The van der Waals surface area contributed by atoms with E-state index in [1.54, 1.807) is 12.4 Å². The number of carbonyl (C=O) groups is 2. The SMILES string of the molecule is CCN(CC)C(=S)SCC(=O)Nc1ncc(Cc2cnc(NC(=O)CSC(=S)N(CC)CC)s2)s1. The lowest BCUT2D eigenvalue weighted by Crippen LogP contribution is -2.28. The molecule has 0 spiro atoms. The van der Waals surface area contributed by atoms with E-state index in [0.717, 1.165) is 44.6 Å². The molecular formula is C21H30N6O2S6. The van der Waals surface area contributed by atoms with Gasteiger partial charge in [0.15, 0.2) is 10.3 Å². The van der Waals surface area contributed by atoms with Crippen LogP contribution in [-0.4, -0.2) is 77.9 Å². The Bertz CT molecular complexity index is 924. The van der Waals surface area contributed by atoms with Crippen LogP contribution in [0.4, 0.5) is 10.3 Å². The van der Waals surface area contributed by atoms with Crippen LogP contribution in [0.25, 0.3) is 0 Å². The van der Waals surface area contributed by atoms with Crippen LogP contribution in [0.15, 0.2) is 12.4 Å². The molecule has 0 unspecified atom stereocenters. The molecule has 2 aromatic heterocycles. The second kappa shape index (κ2) is 15.7. The fourth-order valence-electron chi connectivity index (χ4n) is 2.78. The molecule has 2 heterocycles. The van der Waals surface area contributed by atoms with Crippen LogP contribution in [0.1, 0.15) is 37.4 Å². The van der Waals surface area contributed by atoms with Gasteiger partial charge >= 0.3 is 0 Å². The average molecular weight is 591 g/mol. The lowest BCUT2D eigenvalue weighted by atomic mass is 10.3. The lowest BCUT2D eigenvalue weighted by molar-refractivity contribution is -0.114. The molecule has 35 heavy (non-hydrogen) atoms. The zero-order chi connectivity index (χ0) is 25.8. The van der Waals surface area contributed by atoms with Gasteiger partial charge in [-0.15, -0.1) is 22.7 Å². The summed E-state index contributed by atoms with van der Waals surface area (Å²) in [4.78, 5) is 39.2. The van der Waals surface area contributed by atoms with Crippen molar-refractivity contribution in [3.63, 3.8) is 0 Å².